The first-order chi connectivity index (χ1) is 16.7. The highest BCUT2D eigenvalue weighted by atomic mass is 32.2. The van der Waals surface area contributed by atoms with E-state index in [1.54, 1.807) is 11.8 Å². The highest BCUT2D eigenvalue weighted by Crippen LogP contribution is 2.39. The van der Waals surface area contributed by atoms with E-state index in [-0.39, 0.29) is 17.2 Å². The fourth-order valence-electron chi connectivity index (χ4n) is 4.26. The van der Waals surface area contributed by atoms with Crippen LogP contribution in [-0.4, -0.2) is 48.8 Å². The normalized spacial score (nSPS) is 18.2. The first kappa shape index (κ1) is 22.5. The zero-order valence-electron chi connectivity index (χ0n) is 18.9. The molecule has 2 amide bonds. The third-order valence-electron chi connectivity index (χ3n) is 6.12. The van der Waals surface area contributed by atoms with Crippen molar-refractivity contribution in [2.75, 3.05) is 42.3 Å². The minimum atomic E-state index is -0.151. The molecule has 6 nitrogen and oxygen atoms in total. The van der Waals surface area contributed by atoms with Crippen LogP contribution in [0.25, 0.3) is 0 Å². The highest BCUT2D eigenvalue weighted by molar-refractivity contribution is 8.00. The lowest BCUT2D eigenvalue weighted by molar-refractivity contribution is -0.128. The summed E-state index contributed by atoms with van der Waals surface area (Å²) < 4.78 is 5.41. The minimum Gasteiger partial charge on any atom is -0.378 e. The second-order valence-corrected chi connectivity index (χ2v) is 9.46. The summed E-state index contributed by atoms with van der Waals surface area (Å²) in [6.45, 7) is 3.83. The summed E-state index contributed by atoms with van der Waals surface area (Å²) in [5, 5.41) is 2.93. The van der Waals surface area contributed by atoms with Gasteiger partial charge in [-0.3, -0.25) is 9.59 Å². The first-order valence-corrected chi connectivity index (χ1v) is 12.5. The van der Waals surface area contributed by atoms with Crippen molar-refractivity contribution in [3.63, 3.8) is 0 Å². The van der Waals surface area contributed by atoms with Gasteiger partial charge in [-0.15, -0.1) is 11.8 Å². The van der Waals surface area contributed by atoms with E-state index in [1.807, 2.05) is 83.8 Å². The standard InChI is InChI=1S/C27H27N3O3S/c31-25-19-34-27(30(25)18-20-4-2-1-3-5-20)22-8-6-21(7-9-22)26(32)28-23-10-12-24(13-11-23)29-14-16-33-17-15-29/h1-13,27H,14-19H2,(H,28,32)/t27-/m1/s1. The van der Waals surface area contributed by atoms with Crippen LogP contribution in [0.1, 0.15) is 26.9 Å². The Bertz CT molecular complexity index is 1130. The maximum Gasteiger partial charge on any atom is 0.255 e. The average molecular weight is 474 g/mol. The van der Waals surface area contributed by atoms with Gasteiger partial charge in [-0.05, 0) is 47.5 Å². The van der Waals surface area contributed by atoms with Crippen LogP contribution < -0.4 is 10.2 Å². The molecule has 2 saturated heterocycles. The largest absolute Gasteiger partial charge is 0.378 e. The monoisotopic (exact) mass is 473 g/mol. The number of carbonyl (C=O) groups excluding carboxylic acids is 2. The third kappa shape index (κ3) is 5.11. The zero-order valence-corrected chi connectivity index (χ0v) is 19.7. The van der Waals surface area contributed by atoms with Crippen LogP contribution in [0, 0.1) is 0 Å². The molecule has 0 saturated carbocycles. The summed E-state index contributed by atoms with van der Waals surface area (Å²) in [5.41, 5.74) is 4.62. The van der Waals surface area contributed by atoms with Gasteiger partial charge >= 0.3 is 0 Å². The number of hydrogen-bond acceptors (Lipinski definition) is 5. The van der Waals surface area contributed by atoms with Crippen molar-refractivity contribution < 1.29 is 14.3 Å². The molecule has 2 heterocycles. The number of rotatable bonds is 6. The van der Waals surface area contributed by atoms with E-state index in [4.69, 9.17) is 4.74 Å². The number of ether oxygens (including phenoxy) is 1. The van der Waals surface area contributed by atoms with Crippen LogP contribution in [0.15, 0.2) is 78.9 Å². The van der Waals surface area contributed by atoms with Gasteiger partial charge in [0.25, 0.3) is 5.91 Å². The molecule has 1 N–H and O–H groups in total. The Labute approximate surface area is 203 Å². The molecule has 7 heteroatoms. The van der Waals surface area contributed by atoms with Crippen LogP contribution >= 0.6 is 11.8 Å². The van der Waals surface area contributed by atoms with E-state index in [0.29, 0.717) is 17.9 Å². The van der Waals surface area contributed by atoms with Crippen molar-refractivity contribution in [2.45, 2.75) is 11.9 Å². The predicted molar refractivity (Wildman–Crippen MR) is 136 cm³/mol. The maximum absolute atomic E-state index is 12.8. The first-order valence-electron chi connectivity index (χ1n) is 11.5. The molecule has 2 aliphatic heterocycles. The molecule has 3 aromatic carbocycles. The van der Waals surface area contributed by atoms with Crippen molar-refractivity contribution >= 4 is 35.0 Å². The summed E-state index contributed by atoms with van der Waals surface area (Å²) >= 11 is 1.62. The van der Waals surface area contributed by atoms with E-state index in [1.165, 1.54) is 0 Å². The number of thioether (sulfide) groups is 1. The van der Waals surface area contributed by atoms with Crippen LogP contribution in [0.4, 0.5) is 11.4 Å². The molecule has 0 aromatic heterocycles. The Hall–Kier alpha value is -3.29. The number of nitrogens with zero attached hydrogens (tertiary/aromatic N) is 2. The van der Waals surface area contributed by atoms with Crippen molar-refractivity contribution in [2.24, 2.45) is 0 Å². The molecule has 5 rings (SSSR count). The van der Waals surface area contributed by atoms with Crippen LogP contribution in [0.3, 0.4) is 0 Å². The van der Waals surface area contributed by atoms with Gasteiger partial charge in [0.1, 0.15) is 5.37 Å². The van der Waals surface area contributed by atoms with Gasteiger partial charge in [0.2, 0.25) is 5.91 Å². The van der Waals surface area contributed by atoms with Crippen molar-refractivity contribution in [3.8, 4) is 0 Å². The van der Waals surface area contributed by atoms with Crippen molar-refractivity contribution in [3.05, 3.63) is 95.6 Å². The molecule has 0 aliphatic carbocycles. The molecule has 2 fully saturated rings. The predicted octanol–water partition coefficient (Wildman–Crippen LogP) is 4.55. The molecule has 0 bridgehead atoms. The van der Waals surface area contributed by atoms with Crippen LogP contribution in [0.2, 0.25) is 0 Å². The van der Waals surface area contributed by atoms with Gasteiger partial charge < -0.3 is 19.9 Å². The summed E-state index contributed by atoms with van der Waals surface area (Å²) in [6, 6.07) is 25.5. The smallest absolute Gasteiger partial charge is 0.255 e. The fraction of sp³-hybridized carbons (Fsp3) is 0.259. The van der Waals surface area contributed by atoms with Crippen molar-refractivity contribution in [1.82, 2.24) is 4.90 Å². The molecule has 1 atom stereocenters. The number of carbonyl (C=O) groups is 2. The second kappa shape index (κ2) is 10.3. The number of hydrogen-bond donors (Lipinski definition) is 1. The number of benzene rings is 3. The Morgan fingerprint density at radius 2 is 1.65 bits per heavy atom. The Kier molecular flexibility index (Phi) is 6.83. The van der Waals surface area contributed by atoms with Gasteiger partial charge in [0.05, 0.1) is 19.0 Å². The molecular weight excluding hydrogens is 446 g/mol. The number of amides is 2. The molecule has 3 aromatic rings. The molecule has 0 radical (unpaired) electrons. The molecule has 2 aliphatic rings. The number of anilines is 2. The second-order valence-electron chi connectivity index (χ2n) is 8.39. The van der Waals surface area contributed by atoms with Gasteiger partial charge in [0, 0.05) is 36.6 Å². The number of nitrogens with one attached hydrogen (secondary N) is 1. The summed E-state index contributed by atoms with van der Waals surface area (Å²) in [5.74, 6) is 0.461. The molecule has 0 spiro atoms. The maximum atomic E-state index is 12.8. The topological polar surface area (TPSA) is 61.9 Å². The summed E-state index contributed by atoms with van der Waals surface area (Å²) in [6.07, 6.45) is 0. The molecular formula is C27H27N3O3S. The lowest BCUT2D eigenvalue weighted by Gasteiger charge is -2.28. The average Bonchev–Trinajstić information content (AvgIpc) is 3.25. The minimum absolute atomic E-state index is 0.0439. The van der Waals surface area contributed by atoms with E-state index >= 15 is 0 Å². The quantitative estimate of drug-likeness (QED) is 0.569. The molecule has 34 heavy (non-hydrogen) atoms. The van der Waals surface area contributed by atoms with E-state index < -0.39 is 0 Å². The fourth-order valence-corrected chi connectivity index (χ4v) is 5.45. The SMILES string of the molecule is O=C(Nc1ccc(N2CCOCC2)cc1)c1ccc([C@H]2SCC(=O)N2Cc2ccccc2)cc1. The highest BCUT2D eigenvalue weighted by Gasteiger charge is 2.32. The van der Waals surface area contributed by atoms with Gasteiger partial charge in [-0.25, -0.2) is 0 Å². The molecule has 0 unspecified atom stereocenters. The Morgan fingerprint density at radius 1 is 0.941 bits per heavy atom. The summed E-state index contributed by atoms with van der Waals surface area (Å²) in [4.78, 5) is 29.5. The summed E-state index contributed by atoms with van der Waals surface area (Å²) in [7, 11) is 0. The lowest BCUT2D eigenvalue weighted by Crippen LogP contribution is -2.36. The van der Waals surface area contributed by atoms with Gasteiger partial charge in [0.15, 0.2) is 0 Å². The van der Waals surface area contributed by atoms with E-state index in [0.717, 1.165) is 48.8 Å². The van der Waals surface area contributed by atoms with E-state index in [9.17, 15) is 9.59 Å². The van der Waals surface area contributed by atoms with Crippen LogP contribution in [0.5, 0.6) is 0 Å². The Morgan fingerprint density at radius 3 is 2.35 bits per heavy atom. The van der Waals surface area contributed by atoms with Crippen LogP contribution in [-0.2, 0) is 16.1 Å². The van der Waals surface area contributed by atoms with Gasteiger partial charge in [-0.2, -0.15) is 0 Å². The lowest BCUT2D eigenvalue weighted by atomic mass is 10.1. The molecule has 174 valence electrons. The third-order valence-corrected chi connectivity index (χ3v) is 7.38. The zero-order chi connectivity index (χ0) is 23.3. The van der Waals surface area contributed by atoms with E-state index in [2.05, 4.69) is 10.2 Å². The Balaban J connectivity index is 1.23. The van der Waals surface area contributed by atoms with Crippen molar-refractivity contribution in [1.29, 1.82) is 0 Å². The van der Waals surface area contributed by atoms with Gasteiger partial charge in [-0.1, -0.05) is 42.5 Å². The number of morpholine rings is 1.